The average molecular weight is 423 g/mol. The lowest BCUT2D eigenvalue weighted by atomic mass is 10.2. The zero-order valence-electron chi connectivity index (χ0n) is 15.9. The number of nitrogens with one attached hydrogen (secondary N) is 2. The van der Waals surface area contributed by atoms with Gasteiger partial charge in [-0.25, -0.2) is 0 Å². The summed E-state index contributed by atoms with van der Waals surface area (Å²) in [7, 11) is -3.97. The van der Waals surface area contributed by atoms with Crippen LogP contribution in [0, 0.1) is 0 Å². The Labute approximate surface area is 163 Å². The number of carbonyl (C=O) groups excluding carboxylic acids is 2. The highest BCUT2D eigenvalue weighted by atomic mass is 31.2. The van der Waals surface area contributed by atoms with E-state index < -0.39 is 49.1 Å². The summed E-state index contributed by atoms with van der Waals surface area (Å²) in [5.41, 5.74) is 5.41. The fourth-order valence-corrected chi connectivity index (χ4v) is 4.07. The highest BCUT2D eigenvalue weighted by Gasteiger charge is 2.32. The molecule has 2 amide bonds. The van der Waals surface area contributed by atoms with Crippen molar-refractivity contribution in [2.75, 3.05) is 12.7 Å². The molecule has 0 aliphatic heterocycles. The zero-order chi connectivity index (χ0) is 21.7. The van der Waals surface area contributed by atoms with Crippen LogP contribution < -0.4 is 16.4 Å². The Morgan fingerprint density at radius 1 is 0.964 bits per heavy atom. The fourth-order valence-electron chi connectivity index (χ4n) is 2.31. The van der Waals surface area contributed by atoms with E-state index in [1.807, 2.05) is 0 Å². The predicted molar refractivity (Wildman–Crippen MR) is 101 cm³/mol. The van der Waals surface area contributed by atoms with Gasteiger partial charge in [0.05, 0.1) is 0 Å². The van der Waals surface area contributed by atoms with Crippen LogP contribution in [0.15, 0.2) is 0 Å². The van der Waals surface area contributed by atoms with E-state index in [0.29, 0.717) is 19.4 Å². The van der Waals surface area contributed by atoms with E-state index in [-0.39, 0.29) is 32.1 Å². The van der Waals surface area contributed by atoms with E-state index in [1.54, 1.807) is 0 Å². The third-order valence-corrected chi connectivity index (χ3v) is 6.17. The molecule has 0 saturated heterocycles. The maximum absolute atomic E-state index is 12.7. The van der Waals surface area contributed by atoms with E-state index in [1.165, 1.54) is 6.92 Å². The molecule has 0 aromatic carbocycles. The van der Waals surface area contributed by atoms with Gasteiger partial charge in [0.15, 0.2) is 0 Å². The summed E-state index contributed by atoms with van der Waals surface area (Å²) in [4.78, 5) is 55.3. The first kappa shape index (κ1) is 26.0. The van der Waals surface area contributed by atoms with Crippen LogP contribution in [0.4, 0.5) is 0 Å². The molecule has 0 aromatic rings. The largest absolute Gasteiger partial charge is 0.481 e. The number of amides is 2. The van der Waals surface area contributed by atoms with Crippen molar-refractivity contribution in [1.82, 2.24) is 10.6 Å². The molecule has 12 heteroatoms. The molecule has 2 unspecified atom stereocenters. The van der Waals surface area contributed by atoms with Crippen molar-refractivity contribution < 1.29 is 38.8 Å². The van der Waals surface area contributed by atoms with Crippen LogP contribution in [0.25, 0.3) is 0 Å². The lowest BCUT2D eigenvalue weighted by molar-refractivity contribution is -0.141. The van der Waals surface area contributed by atoms with E-state index in [2.05, 4.69) is 10.6 Å². The monoisotopic (exact) mass is 423 g/mol. The summed E-state index contributed by atoms with van der Waals surface area (Å²) in [6, 6.07) is -1.13. The Bertz CT molecular complexity index is 598. The smallest absolute Gasteiger partial charge is 0.325 e. The summed E-state index contributed by atoms with van der Waals surface area (Å²) in [6.45, 7) is 1.65. The van der Waals surface area contributed by atoms with Crippen LogP contribution in [0.1, 0.15) is 51.9 Å². The van der Waals surface area contributed by atoms with E-state index in [0.717, 1.165) is 0 Å². The molecule has 0 spiro atoms. The normalized spacial score (nSPS) is 15.1. The minimum absolute atomic E-state index is 0.0991. The molecule has 0 radical (unpaired) electrons. The van der Waals surface area contributed by atoms with Gasteiger partial charge in [0.2, 0.25) is 19.2 Å². The molecular weight excluding hydrogens is 393 g/mol. The van der Waals surface area contributed by atoms with Gasteiger partial charge in [-0.3, -0.25) is 23.7 Å². The van der Waals surface area contributed by atoms with Gasteiger partial charge in [0, 0.05) is 25.4 Å². The first-order valence-corrected chi connectivity index (χ1v) is 11.0. The second-order valence-corrected chi connectivity index (χ2v) is 9.05. The molecule has 7 N–H and O–H groups in total. The summed E-state index contributed by atoms with van der Waals surface area (Å²) in [5, 5.41) is 22.0. The predicted octanol–water partition coefficient (Wildman–Crippen LogP) is 0.0624. The van der Waals surface area contributed by atoms with Crippen LogP contribution in [-0.4, -0.2) is 63.4 Å². The van der Waals surface area contributed by atoms with Gasteiger partial charge >= 0.3 is 11.9 Å². The van der Waals surface area contributed by atoms with Crippen LogP contribution in [-0.2, 0) is 23.7 Å². The standard InChI is InChI=1S/C16H30N3O8P/c1-11(16(24)25)18-13(21)8-10-28(26,27)14(6-2-3-9-17)19-12(20)5-4-7-15(22)23/h11,14H,2-10,17H2,1H3,(H,18,21)(H,19,20)(H,22,23)(H,24,25)(H,26,27)/t11-,14?/m1/s1. The van der Waals surface area contributed by atoms with E-state index in [4.69, 9.17) is 15.9 Å². The molecule has 0 saturated carbocycles. The van der Waals surface area contributed by atoms with Crippen molar-refractivity contribution in [2.45, 2.75) is 63.7 Å². The molecule has 0 aliphatic carbocycles. The van der Waals surface area contributed by atoms with Gasteiger partial charge in [-0.1, -0.05) is 0 Å². The Kier molecular flexibility index (Phi) is 12.3. The van der Waals surface area contributed by atoms with Gasteiger partial charge in [-0.2, -0.15) is 0 Å². The number of aliphatic carboxylic acids is 2. The summed E-state index contributed by atoms with van der Waals surface area (Å²) < 4.78 is 12.7. The number of carbonyl (C=O) groups is 4. The fraction of sp³-hybridized carbons (Fsp3) is 0.750. The molecule has 3 atom stereocenters. The maximum atomic E-state index is 12.7. The number of unbranched alkanes of at least 4 members (excludes halogenated alkanes) is 1. The number of hydrogen-bond donors (Lipinski definition) is 6. The molecule has 0 aromatic heterocycles. The lowest BCUT2D eigenvalue weighted by Crippen LogP contribution is -2.39. The minimum atomic E-state index is -3.97. The third kappa shape index (κ3) is 11.7. The Morgan fingerprint density at radius 3 is 2.11 bits per heavy atom. The van der Waals surface area contributed by atoms with Crippen LogP contribution >= 0.6 is 7.37 Å². The van der Waals surface area contributed by atoms with Crippen LogP contribution in [0.3, 0.4) is 0 Å². The third-order valence-electron chi connectivity index (χ3n) is 3.95. The Morgan fingerprint density at radius 2 is 1.57 bits per heavy atom. The molecule has 11 nitrogen and oxygen atoms in total. The van der Waals surface area contributed by atoms with E-state index in [9.17, 15) is 28.6 Å². The Balaban J connectivity index is 4.81. The number of nitrogens with two attached hydrogens (primary N) is 1. The van der Waals surface area contributed by atoms with Gasteiger partial charge in [-0.15, -0.1) is 0 Å². The van der Waals surface area contributed by atoms with E-state index >= 15 is 0 Å². The second kappa shape index (κ2) is 13.2. The topological polar surface area (TPSA) is 196 Å². The number of hydrogen-bond acceptors (Lipinski definition) is 6. The molecule has 0 heterocycles. The van der Waals surface area contributed by atoms with Crippen molar-refractivity contribution >= 4 is 31.1 Å². The first-order valence-electron chi connectivity index (χ1n) is 9.04. The van der Waals surface area contributed by atoms with Crippen molar-refractivity contribution in [3.05, 3.63) is 0 Å². The highest BCUT2D eigenvalue weighted by molar-refractivity contribution is 7.58. The lowest BCUT2D eigenvalue weighted by Gasteiger charge is -2.24. The van der Waals surface area contributed by atoms with Gasteiger partial charge in [0.25, 0.3) is 0 Å². The molecule has 0 aliphatic rings. The summed E-state index contributed by atoms with van der Waals surface area (Å²) in [6.07, 6.45) is 0.276. The number of rotatable bonds is 15. The van der Waals surface area contributed by atoms with Crippen molar-refractivity contribution in [1.29, 1.82) is 0 Å². The Hall–Kier alpha value is -1.97. The zero-order valence-corrected chi connectivity index (χ0v) is 16.8. The summed E-state index contributed by atoms with van der Waals surface area (Å²) >= 11 is 0. The molecule has 0 bridgehead atoms. The van der Waals surface area contributed by atoms with Crippen molar-refractivity contribution in [3.8, 4) is 0 Å². The summed E-state index contributed by atoms with van der Waals surface area (Å²) in [5.74, 6) is -4.58. The SMILES string of the molecule is C[C@@H](NC(=O)CCP(=O)(O)C(CCCCN)NC(=O)CCCC(=O)O)C(=O)O. The van der Waals surface area contributed by atoms with Crippen LogP contribution in [0.2, 0.25) is 0 Å². The van der Waals surface area contributed by atoms with Gasteiger partial charge in [-0.05, 0) is 39.2 Å². The molecule has 0 fully saturated rings. The highest BCUT2D eigenvalue weighted by Crippen LogP contribution is 2.47. The average Bonchev–Trinajstić information content (AvgIpc) is 2.58. The minimum Gasteiger partial charge on any atom is -0.481 e. The first-order chi connectivity index (χ1) is 13.0. The van der Waals surface area contributed by atoms with Crippen molar-refractivity contribution in [3.63, 3.8) is 0 Å². The van der Waals surface area contributed by atoms with Crippen molar-refractivity contribution in [2.24, 2.45) is 5.73 Å². The van der Waals surface area contributed by atoms with Crippen LogP contribution in [0.5, 0.6) is 0 Å². The van der Waals surface area contributed by atoms with Gasteiger partial charge in [0.1, 0.15) is 11.8 Å². The molecule has 162 valence electrons. The second-order valence-electron chi connectivity index (χ2n) is 6.47. The number of carboxylic acids is 2. The molecule has 28 heavy (non-hydrogen) atoms. The maximum Gasteiger partial charge on any atom is 0.325 e. The molecule has 0 rings (SSSR count). The van der Waals surface area contributed by atoms with Gasteiger partial charge < -0.3 is 31.5 Å². The number of carboxylic acid groups (broad SMARTS) is 2. The molecular formula is C16H30N3O8P. The quantitative estimate of drug-likeness (QED) is 0.156.